The molecule has 0 atom stereocenters. The summed E-state index contributed by atoms with van der Waals surface area (Å²) in [6, 6.07) is 10.5. The second-order valence-corrected chi connectivity index (χ2v) is 9.68. The van der Waals surface area contributed by atoms with Gasteiger partial charge >= 0.3 is 6.03 Å². The van der Waals surface area contributed by atoms with Crippen molar-refractivity contribution < 1.29 is 9.90 Å². The van der Waals surface area contributed by atoms with Crippen LogP contribution in [0.2, 0.25) is 5.02 Å². The van der Waals surface area contributed by atoms with Gasteiger partial charge in [-0.05, 0) is 57.0 Å². The molecule has 0 aliphatic rings. The van der Waals surface area contributed by atoms with Crippen molar-refractivity contribution in [3.63, 3.8) is 0 Å². The molecule has 0 saturated carbocycles. The first-order chi connectivity index (χ1) is 12.2. The lowest BCUT2D eigenvalue weighted by Crippen LogP contribution is -2.27. The van der Waals surface area contributed by atoms with Crippen molar-refractivity contribution in [2.75, 3.05) is 5.32 Å². The van der Waals surface area contributed by atoms with Crippen LogP contribution in [-0.4, -0.2) is 20.9 Å². The fourth-order valence-electron chi connectivity index (χ4n) is 2.18. The molecule has 2 amide bonds. The summed E-state index contributed by atoms with van der Waals surface area (Å²) in [7, 11) is 0. The van der Waals surface area contributed by atoms with Crippen LogP contribution in [0.4, 0.5) is 10.5 Å². The third-order valence-corrected chi connectivity index (χ3v) is 5.55. The number of phenolic OH excluding ortho intramolecular Hbond substituents is 1. The smallest absolute Gasteiger partial charge is 0.329 e. The van der Waals surface area contributed by atoms with Gasteiger partial charge in [0, 0.05) is 10.4 Å². The van der Waals surface area contributed by atoms with Crippen molar-refractivity contribution in [3.05, 3.63) is 41.4 Å². The average Bonchev–Trinajstić information content (AvgIpc) is 2.99. The number of nitrogens with one attached hydrogen (secondary N) is 2. The van der Waals surface area contributed by atoms with Gasteiger partial charge in [0.1, 0.15) is 10.8 Å². The zero-order valence-corrected chi connectivity index (χ0v) is 16.9. The predicted octanol–water partition coefficient (Wildman–Crippen LogP) is 5.89. The normalized spacial score (nSPS) is 11.5. The Balaban J connectivity index is 1.88. The third kappa shape index (κ3) is 4.41. The first-order valence-corrected chi connectivity index (χ1v) is 9.87. The Morgan fingerprint density at radius 2 is 2.00 bits per heavy atom. The molecule has 0 aliphatic heterocycles. The van der Waals surface area contributed by atoms with E-state index in [4.69, 9.17) is 11.6 Å². The summed E-state index contributed by atoms with van der Waals surface area (Å²) in [6.45, 7) is 6.00. The summed E-state index contributed by atoms with van der Waals surface area (Å²) in [5.74, 6) is -0.0549. The van der Waals surface area contributed by atoms with E-state index in [2.05, 4.69) is 15.0 Å². The number of rotatable bonds is 3. The number of halogens is 1. The highest BCUT2D eigenvalue weighted by molar-refractivity contribution is 7.99. The van der Waals surface area contributed by atoms with Crippen molar-refractivity contribution in [1.29, 1.82) is 0 Å². The van der Waals surface area contributed by atoms with Gasteiger partial charge in [0.15, 0.2) is 0 Å². The number of hydrogen-bond acceptors (Lipinski definition) is 5. The first-order valence-electron chi connectivity index (χ1n) is 7.86. The Kier molecular flexibility index (Phi) is 5.32. The summed E-state index contributed by atoms with van der Waals surface area (Å²) in [6.07, 6.45) is 0. The third-order valence-electron chi connectivity index (χ3n) is 3.30. The number of amides is 2. The number of thiazole rings is 1. The Bertz CT molecular complexity index is 934. The van der Waals surface area contributed by atoms with Crippen molar-refractivity contribution in [3.8, 4) is 16.3 Å². The molecule has 8 heteroatoms. The highest BCUT2D eigenvalue weighted by Gasteiger charge is 2.17. The molecule has 5 nitrogen and oxygen atoms in total. The number of carbonyl (C=O) groups excluding carboxylic acids is 1. The Morgan fingerprint density at radius 1 is 1.27 bits per heavy atom. The lowest BCUT2D eigenvalue weighted by Gasteiger charge is -2.18. The van der Waals surface area contributed by atoms with Crippen LogP contribution in [0, 0.1) is 0 Å². The lowest BCUT2D eigenvalue weighted by atomic mass is 10.2. The van der Waals surface area contributed by atoms with Gasteiger partial charge < -0.3 is 10.4 Å². The van der Waals surface area contributed by atoms with E-state index in [0.717, 1.165) is 10.2 Å². The second-order valence-electron chi connectivity index (χ2n) is 6.61. The summed E-state index contributed by atoms with van der Waals surface area (Å²) in [5, 5.41) is 13.9. The van der Waals surface area contributed by atoms with E-state index in [1.54, 1.807) is 6.07 Å². The summed E-state index contributed by atoms with van der Waals surface area (Å²) in [4.78, 5) is 16.6. The van der Waals surface area contributed by atoms with Gasteiger partial charge in [-0.25, -0.2) is 9.78 Å². The first kappa shape index (κ1) is 18.8. The number of para-hydroxylation sites is 1. The van der Waals surface area contributed by atoms with E-state index in [0.29, 0.717) is 16.3 Å². The molecule has 3 N–H and O–H groups in total. The molecule has 0 unspecified atom stereocenters. The van der Waals surface area contributed by atoms with E-state index < -0.39 is 0 Å². The largest absolute Gasteiger partial charge is 0.506 e. The van der Waals surface area contributed by atoms with Crippen LogP contribution in [0.15, 0.2) is 36.4 Å². The van der Waals surface area contributed by atoms with Gasteiger partial charge in [-0.2, -0.15) is 0 Å². The van der Waals surface area contributed by atoms with E-state index in [9.17, 15) is 9.90 Å². The minimum Gasteiger partial charge on any atom is -0.506 e. The van der Waals surface area contributed by atoms with Crippen LogP contribution in [-0.2, 0) is 0 Å². The van der Waals surface area contributed by atoms with E-state index in [1.807, 2.05) is 45.0 Å². The van der Waals surface area contributed by atoms with Crippen molar-refractivity contribution >= 4 is 56.8 Å². The van der Waals surface area contributed by atoms with E-state index in [1.165, 1.54) is 29.4 Å². The Morgan fingerprint density at radius 3 is 2.69 bits per heavy atom. The standard InChI is InChI=1S/C18H18ClN3O2S2/c1-18(2,3)26-22-17(24)20-10-8-11(15(23)12(19)9-10)16-21-13-6-4-5-7-14(13)25-16/h4-9,23H,1-3H3,(H2,20,22,24). The molecular formula is C18H18ClN3O2S2. The number of fused-ring (bicyclic) bond motifs is 1. The number of phenols is 1. The maximum absolute atomic E-state index is 12.1. The maximum atomic E-state index is 12.1. The average molecular weight is 408 g/mol. The number of hydrogen-bond donors (Lipinski definition) is 3. The highest BCUT2D eigenvalue weighted by Crippen LogP contribution is 2.41. The SMILES string of the molecule is CC(C)(C)SNC(=O)Nc1cc(Cl)c(O)c(-c2nc3ccccc3s2)c1. The Labute approximate surface area is 164 Å². The van der Waals surface area contributed by atoms with Gasteiger partial charge in [0.25, 0.3) is 0 Å². The molecule has 0 fully saturated rings. The number of aromatic hydroxyl groups is 1. The fraction of sp³-hybridized carbons (Fsp3) is 0.222. The molecule has 3 aromatic rings. The fourth-order valence-corrected chi connectivity index (χ4v) is 3.83. The molecule has 0 radical (unpaired) electrons. The molecule has 0 aliphatic carbocycles. The number of carbonyl (C=O) groups is 1. The number of nitrogens with zero attached hydrogens (tertiary/aromatic N) is 1. The molecule has 0 spiro atoms. The quantitative estimate of drug-likeness (QED) is 0.373. The molecular weight excluding hydrogens is 390 g/mol. The van der Waals surface area contributed by atoms with Gasteiger partial charge in [-0.15, -0.1) is 11.3 Å². The number of benzene rings is 2. The van der Waals surface area contributed by atoms with Crippen molar-refractivity contribution in [2.24, 2.45) is 0 Å². The van der Waals surface area contributed by atoms with Gasteiger partial charge in [0.2, 0.25) is 0 Å². The highest BCUT2D eigenvalue weighted by atomic mass is 35.5. The minimum absolute atomic E-state index is 0.0549. The Hall–Kier alpha value is -1.96. The van der Waals surface area contributed by atoms with Crippen molar-refractivity contribution in [2.45, 2.75) is 25.5 Å². The van der Waals surface area contributed by atoms with Gasteiger partial charge in [0.05, 0.1) is 20.8 Å². The molecule has 1 heterocycles. The number of aromatic nitrogens is 1. The van der Waals surface area contributed by atoms with E-state index in [-0.39, 0.29) is 21.6 Å². The molecule has 1 aromatic heterocycles. The van der Waals surface area contributed by atoms with Crippen LogP contribution in [0.25, 0.3) is 20.8 Å². The zero-order valence-electron chi connectivity index (χ0n) is 14.5. The minimum atomic E-state index is -0.359. The molecule has 3 rings (SSSR count). The van der Waals surface area contributed by atoms with E-state index >= 15 is 0 Å². The molecule has 2 aromatic carbocycles. The topological polar surface area (TPSA) is 74.2 Å². The predicted molar refractivity (Wildman–Crippen MR) is 111 cm³/mol. The van der Waals surface area contributed by atoms with Crippen molar-refractivity contribution in [1.82, 2.24) is 9.71 Å². The van der Waals surface area contributed by atoms with Crippen LogP contribution in [0.1, 0.15) is 20.8 Å². The monoisotopic (exact) mass is 407 g/mol. The molecule has 136 valence electrons. The van der Waals surface area contributed by atoms with Gasteiger partial charge in [-0.3, -0.25) is 4.72 Å². The van der Waals surface area contributed by atoms with Crippen LogP contribution in [0.5, 0.6) is 5.75 Å². The summed E-state index contributed by atoms with van der Waals surface area (Å²) >= 11 is 8.92. The number of urea groups is 1. The molecule has 0 saturated heterocycles. The summed E-state index contributed by atoms with van der Waals surface area (Å²) in [5.41, 5.74) is 1.81. The lowest BCUT2D eigenvalue weighted by molar-refractivity contribution is 0.257. The maximum Gasteiger partial charge on any atom is 0.329 e. The second kappa shape index (κ2) is 7.34. The molecule has 26 heavy (non-hydrogen) atoms. The number of anilines is 1. The van der Waals surface area contributed by atoms with Crippen LogP contribution < -0.4 is 10.0 Å². The van der Waals surface area contributed by atoms with Crippen LogP contribution in [0.3, 0.4) is 0 Å². The van der Waals surface area contributed by atoms with Crippen LogP contribution >= 0.6 is 34.9 Å². The summed E-state index contributed by atoms with van der Waals surface area (Å²) < 4.78 is 3.64. The molecule has 0 bridgehead atoms. The van der Waals surface area contributed by atoms with Gasteiger partial charge in [-0.1, -0.05) is 23.7 Å². The zero-order chi connectivity index (χ0) is 18.9.